The number of allylic oxidation sites excluding steroid dienone is 2. The van der Waals surface area contributed by atoms with Crippen LogP contribution in [-0.4, -0.2) is 8.42 Å². The predicted octanol–water partition coefficient (Wildman–Crippen LogP) is 1.22. The van der Waals surface area contributed by atoms with Crippen molar-refractivity contribution < 1.29 is 13.2 Å². The molecule has 5 heteroatoms. The summed E-state index contributed by atoms with van der Waals surface area (Å²) in [4.78, 5) is 0. The van der Waals surface area contributed by atoms with Crippen molar-refractivity contribution in [2.45, 2.75) is 0 Å². The number of sulfonamides is 1. The van der Waals surface area contributed by atoms with E-state index in [1.54, 1.807) is 24.3 Å². The van der Waals surface area contributed by atoms with E-state index in [-0.39, 0.29) is 5.09 Å². The van der Waals surface area contributed by atoms with E-state index < -0.39 is 10.0 Å². The van der Waals surface area contributed by atoms with Crippen molar-refractivity contribution in [2.24, 2.45) is 5.14 Å². The van der Waals surface area contributed by atoms with Crippen molar-refractivity contribution >= 4 is 16.1 Å². The monoisotopic (exact) mass is 223 g/mol. The Bertz CT molecular complexity index is 544. The van der Waals surface area contributed by atoms with Crippen LogP contribution in [0, 0.1) is 0 Å². The Labute approximate surface area is 87.7 Å². The second kappa shape index (κ2) is 3.52. The molecule has 0 unspecified atom stereocenters. The highest BCUT2D eigenvalue weighted by atomic mass is 32.2. The number of hydrogen-bond donors (Lipinski definition) is 1. The molecule has 0 saturated carbocycles. The molecule has 15 heavy (non-hydrogen) atoms. The van der Waals surface area contributed by atoms with E-state index in [0.717, 1.165) is 5.56 Å². The Balaban J connectivity index is 2.49. The van der Waals surface area contributed by atoms with Gasteiger partial charge >= 0.3 is 0 Å². The van der Waals surface area contributed by atoms with Crippen LogP contribution in [0.1, 0.15) is 5.56 Å². The van der Waals surface area contributed by atoms with Crippen LogP contribution in [0.4, 0.5) is 0 Å². The van der Waals surface area contributed by atoms with E-state index in [0.29, 0.717) is 5.75 Å². The maximum atomic E-state index is 11.1. The number of hydrogen-bond acceptors (Lipinski definition) is 3. The average Bonchev–Trinajstić information content (AvgIpc) is 2.38. The predicted molar refractivity (Wildman–Crippen MR) is 57.3 cm³/mol. The van der Waals surface area contributed by atoms with Crippen LogP contribution in [0.3, 0.4) is 0 Å². The molecule has 2 rings (SSSR count). The molecule has 0 radical (unpaired) electrons. The highest BCUT2D eigenvalue weighted by Crippen LogP contribution is 2.25. The van der Waals surface area contributed by atoms with Gasteiger partial charge in [-0.2, -0.15) is 0 Å². The van der Waals surface area contributed by atoms with Crippen molar-refractivity contribution in [3.63, 3.8) is 0 Å². The molecule has 1 aliphatic heterocycles. The molecule has 0 saturated heterocycles. The summed E-state index contributed by atoms with van der Waals surface area (Å²) in [6.07, 6.45) is 4.68. The van der Waals surface area contributed by atoms with E-state index in [4.69, 9.17) is 9.88 Å². The lowest BCUT2D eigenvalue weighted by atomic mass is 10.2. The van der Waals surface area contributed by atoms with Gasteiger partial charge in [0.1, 0.15) is 5.75 Å². The van der Waals surface area contributed by atoms with Gasteiger partial charge in [-0.3, -0.25) is 0 Å². The normalized spacial score (nSPS) is 14.9. The number of fused-ring (bicyclic) bond motifs is 1. The number of nitrogens with two attached hydrogens (primary N) is 1. The standard InChI is InChI=1S/C10H9NO3S/c11-15(12,13)10-7-3-5-8-4-1-2-6-9(8)14-10/h1-7H,(H2,11,12,13). The highest BCUT2D eigenvalue weighted by molar-refractivity contribution is 7.92. The van der Waals surface area contributed by atoms with Crippen LogP contribution in [0.5, 0.6) is 5.75 Å². The first kappa shape index (κ1) is 9.95. The Morgan fingerprint density at radius 2 is 1.93 bits per heavy atom. The van der Waals surface area contributed by atoms with Gasteiger partial charge in [0.2, 0.25) is 5.09 Å². The first-order valence-corrected chi connectivity index (χ1v) is 5.80. The van der Waals surface area contributed by atoms with Gasteiger partial charge in [0.25, 0.3) is 10.0 Å². The van der Waals surface area contributed by atoms with E-state index in [1.165, 1.54) is 6.08 Å². The van der Waals surface area contributed by atoms with Gasteiger partial charge in [0.15, 0.2) is 0 Å². The third-order valence-corrected chi connectivity index (χ3v) is 2.70. The van der Waals surface area contributed by atoms with Gasteiger partial charge in [-0.15, -0.1) is 0 Å². The summed E-state index contributed by atoms with van der Waals surface area (Å²) in [7, 11) is -3.80. The molecule has 0 spiro atoms. The van der Waals surface area contributed by atoms with Gasteiger partial charge in [-0.25, -0.2) is 13.6 Å². The second-order valence-electron chi connectivity index (χ2n) is 3.03. The lowest BCUT2D eigenvalue weighted by Gasteiger charge is -2.07. The maximum Gasteiger partial charge on any atom is 0.271 e. The van der Waals surface area contributed by atoms with E-state index in [1.807, 2.05) is 12.1 Å². The maximum absolute atomic E-state index is 11.1. The van der Waals surface area contributed by atoms with Crippen LogP contribution in [0.25, 0.3) is 6.08 Å². The first-order chi connectivity index (χ1) is 7.07. The molecule has 0 fully saturated rings. The summed E-state index contributed by atoms with van der Waals surface area (Å²) in [5.74, 6) is 0.478. The number of rotatable bonds is 1. The molecule has 1 heterocycles. The van der Waals surface area contributed by atoms with Crippen molar-refractivity contribution in [3.05, 3.63) is 47.1 Å². The van der Waals surface area contributed by atoms with E-state index in [9.17, 15) is 8.42 Å². The van der Waals surface area contributed by atoms with Crippen LogP contribution >= 0.6 is 0 Å². The lowest BCUT2D eigenvalue weighted by Crippen LogP contribution is -2.18. The molecule has 1 aromatic carbocycles. The molecule has 0 aromatic heterocycles. The van der Waals surface area contributed by atoms with Crippen molar-refractivity contribution in [1.82, 2.24) is 0 Å². The summed E-state index contributed by atoms with van der Waals surface area (Å²) in [5, 5.41) is 4.74. The van der Waals surface area contributed by atoms with Crippen molar-refractivity contribution in [1.29, 1.82) is 0 Å². The number of primary sulfonamides is 1. The third kappa shape index (κ3) is 2.08. The number of ether oxygens (including phenoxy) is 1. The molecule has 78 valence electrons. The summed E-state index contributed by atoms with van der Waals surface area (Å²) in [5.41, 5.74) is 0.812. The van der Waals surface area contributed by atoms with E-state index in [2.05, 4.69) is 0 Å². The first-order valence-electron chi connectivity index (χ1n) is 4.25. The largest absolute Gasteiger partial charge is 0.443 e. The van der Waals surface area contributed by atoms with Gasteiger partial charge in [-0.1, -0.05) is 30.4 Å². The molecule has 0 amide bonds. The molecule has 0 aliphatic carbocycles. The molecule has 2 N–H and O–H groups in total. The van der Waals surface area contributed by atoms with Crippen molar-refractivity contribution in [3.8, 4) is 5.75 Å². The Hall–Kier alpha value is -1.59. The van der Waals surface area contributed by atoms with E-state index >= 15 is 0 Å². The fraction of sp³-hybridized carbons (Fsp3) is 0. The molecular formula is C10H9NO3S. The molecule has 1 aromatic rings. The Morgan fingerprint density at radius 1 is 1.20 bits per heavy atom. The van der Waals surface area contributed by atoms with Crippen LogP contribution in [0.15, 0.2) is 41.5 Å². The number of benzene rings is 1. The van der Waals surface area contributed by atoms with Gasteiger partial charge in [-0.05, 0) is 12.1 Å². The quantitative estimate of drug-likeness (QED) is 0.778. The summed E-state index contributed by atoms with van der Waals surface area (Å²) >= 11 is 0. The lowest BCUT2D eigenvalue weighted by molar-refractivity contribution is 0.449. The topological polar surface area (TPSA) is 69.4 Å². The zero-order chi connectivity index (χ0) is 10.9. The zero-order valence-corrected chi connectivity index (χ0v) is 8.57. The minimum Gasteiger partial charge on any atom is -0.443 e. The minimum atomic E-state index is -3.80. The molecule has 0 bridgehead atoms. The average molecular weight is 223 g/mol. The molecule has 1 aliphatic rings. The Kier molecular flexibility index (Phi) is 2.34. The van der Waals surface area contributed by atoms with Crippen LogP contribution < -0.4 is 9.88 Å². The molecular weight excluding hydrogens is 214 g/mol. The molecule has 0 atom stereocenters. The van der Waals surface area contributed by atoms with Gasteiger partial charge in [0.05, 0.1) is 0 Å². The fourth-order valence-electron chi connectivity index (χ4n) is 1.24. The van der Waals surface area contributed by atoms with Crippen LogP contribution in [-0.2, 0) is 10.0 Å². The fourth-order valence-corrected chi connectivity index (χ4v) is 1.71. The van der Waals surface area contributed by atoms with Gasteiger partial charge in [0, 0.05) is 5.56 Å². The summed E-state index contributed by atoms with van der Waals surface area (Å²) in [6.45, 7) is 0. The van der Waals surface area contributed by atoms with Crippen LogP contribution in [0.2, 0.25) is 0 Å². The zero-order valence-electron chi connectivity index (χ0n) is 7.75. The number of para-hydroxylation sites is 1. The second-order valence-corrected chi connectivity index (χ2v) is 4.52. The SMILES string of the molecule is NS(=O)(=O)C1=CC=Cc2ccccc2O1. The summed E-state index contributed by atoms with van der Waals surface area (Å²) < 4.78 is 27.4. The summed E-state index contributed by atoms with van der Waals surface area (Å²) in [6, 6.07) is 7.11. The Morgan fingerprint density at radius 3 is 2.67 bits per heavy atom. The minimum absolute atomic E-state index is 0.247. The molecule has 4 nitrogen and oxygen atoms in total. The van der Waals surface area contributed by atoms with Gasteiger partial charge < -0.3 is 4.74 Å². The van der Waals surface area contributed by atoms with Crippen molar-refractivity contribution in [2.75, 3.05) is 0 Å². The smallest absolute Gasteiger partial charge is 0.271 e. The highest BCUT2D eigenvalue weighted by Gasteiger charge is 2.16. The third-order valence-electron chi connectivity index (χ3n) is 1.92.